The van der Waals surface area contributed by atoms with Gasteiger partial charge < -0.3 is 25.8 Å². The first kappa shape index (κ1) is 26.5. The molecular weight excluding hydrogens is 506 g/mol. The maximum absolute atomic E-state index is 13.2. The number of hydrogen-bond donors (Lipinski definition) is 3. The molecule has 1 atom stereocenters. The number of carbonyl (C=O) groups is 3. The normalized spacial score (nSPS) is 12.5. The molecule has 1 aliphatic carbocycles. The number of carbonyl (C=O) groups excluding carboxylic acids is 3. The van der Waals surface area contributed by atoms with E-state index in [2.05, 4.69) is 34.9 Å². The summed E-state index contributed by atoms with van der Waals surface area (Å²) in [6.45, 7) is 0.368. The Kier molecular flexibility index (Phi) is 8.06. The first-order chi connectivity index (χ1) is 19.5. The quantitative estimate of drug-likeness (QED) is 0.281. The predicted octanol–water partition coefficient (Wildman–Crippen LogP) is 4.91. The molecule has 3 amide bonds. The Hall–Kier alpha value is -5.11. The van der Waals surface area contributed by atoms with E-state index in [4.69, 9.17) is 15.2 Å². The largest absolute Gasteiger partial charge is 0.449 e. The highest BCUT2D eigenvalue weighted by atomic mass is 16.6. The second-order valence-electron chi connectivity index (χ2n) is 9.50. The van der Waals surface area contributed by atoms with Crippen LogP contribution < -0.4 is 21.1 Å². The lowest BCUT2D eigenvalue weighted by Gasteiger charge is -2.20. The van der Waals surface area contributed by atoms with Gasteiger partial charge in [-0.3, -0.25) is 4.79 Å². The summed E-state index contributed by atoms with van der Waals surface area (Å²) in [5, 5.41) is 5.63. The highest BCUT2D eigenvalue weighted by molar-refractivity contribution is 5.86. The number of nitrogens with two attached hydrogens (primary N) is 1. The van der Waals surface area contributed by atoms with E-state index >= 15 is 0 Å². The third-order valence-electron chi connectivity index (χ3n) is 6.84. The van der Waals surface area contributed by atoms with Crippen LogP contribution in [0.15, 0.2) is 103 Å². The van der Waals surface area contributed by atoms with Crippen LogP contribution in [0.4, 0.5) is 9.59 Å². The summed E-state index contributed by atoms with van der Waals surface area (Å²) in [5.74, 6) is -0.127. The van der Waals surface area contributed by atoms with Gasteiger partial charge in [0.05, 0.1) is 0 Å². The zero-order valence-electron chi connectivity index (χ0n) is 21.7. The Morgan fingerprint density at radius 2 is 1.35 bits per heavy atom. The molecule has 8 nitrogen and oxygen atoms in total. The lowest BCUT2D eigenvalue weighted by molar-refractivity contribution is -0.123. The summed E-state index contributed by atoms with van der Waals surface area (Å²) in [6.07, 6.45) is -1.27. The molecule has 202 valence electrons. The molecule has 0 unspecified atom stereocenters. The van der Waals surface area contributed by atoms with Crippen molar-refractivity contribution in [1.29, 1.82) is 0 Å². The molecular formula is C32H29N3O5. The molecule has 0 heterocycles. The topological polar surface area (TPSA) is 120 Å². The highest BCUT2D eigenvalue weighted by Crippen LogP contribution is 2.44. The van der Waals surface area contributed by atoms with E-state index in [1.165, 1.54) is 0 Å². The maximum atomic E-state index is 13.2. The second kappa shape index (κ2) is 12.2. The fourth-order valence-corrected chi connectivity index (χ4v) is 4.95. The number of benzene rings is 4. The highest BCUT2D eigenvalue weighted by Gasteiger charge is 2.30. The van der Waals surface area contributed by atoms with Gasteiger partial charge in [0.15, 0.2) is 0 Å². The third kappa shape index (κ3) is 6.30. The summed E-state index contributed by atoms with van der Waals surface area (Å²) < 4.78 is 10.5. The molecule has 0 saturated carbocycles. The van der Waals surface area contributed by atoms with Crippen LogP contribution in [0.3, 0.4) is 0 Å². The van der Waals surface area contributed by atoms with Gasteiger partial charge in [0.1, 0.15) is 18.4 Å². The van der Waals surface area contributed by atoms with Crippen LogP contribution in [0.2, 0.25) is 0 Å². The minimum absolute atomic E-state index is 0.0823. The van der Waals surface area contributed by atoms with Crippen molar-refractivity contribution >= 4 is 18.1 Å². The summed E-state index contributed by atoms with van der Waals surface area (Å²) in [4.78, 5) is 37.1. The van der Waals surface area contributed by atoms with Crippen molar-refractivity contribution in [3.05, 3.63) is 125 Å². The zero-order chi connectivity index (χ0) is 27.9. The van der Waals surface area contributed by atoms with Gasteiger partial charge in [0.2, 0.25) is 5.91 Å². The van der Waals surface area contributed by atoms with Crippen LogP contribution in [-0.2, 0) is 22.5 Å². The molecule has 4 aromatic rings. The first-order valence-electron chi connectivity index (χ1n) is 13.0. The summed E-state index contributed by atoms with van der Waals surface area (Å²) in [5.41, 5.74) is 11.2. The van der Waals surface area contributed by atoms with Gasteiger partial charge in [-0.25, -0.2) is 9.59 Å². The number of nitrogens with one attached hydrogen (secondary N) is 2. The summed E-state index contributed by atoms with van der Waals surface area (Å²) in [7, 11) is 0. The van der Waals surface area contributed by atoms with Gasteiger partial charge >= 0.3 is 12.2 Å². The van der Waals surface area contributed by atoms with Crippen LogP contribution >= 0.6 is 0 Å². The van der Waals surface area contributed by atoms with E-state index in [9.17, 15) is 14.4 Å². The van der Waals surface area contributed by atoms with Crippen molar-refractivity contribution in [2.75, 3.05) is 6.61 Å². The number of fused-ring (bicyclic) bond motifs is 3. The fraction of sp³-hybridized carbons (Fsp3) is 0.156. The Morgan fingerprint density at radius 3 is 1.98 bits per heavy atom. The molecule has 0 saturated heterocycles. The Balaban J connectivity index is 1.23. The SMILES string of the molecule is NC(=O)Oc1ccc(CNC(=O)[C@@H](Cc2ccccc2)NC(=O)OCC2c3ccccc3-c3ccccc32)cc1. The van der Waals surface area contributed by atoms with Gasteiger partial charge in [0.25, 0.3) is 0 Å². The number of hydrogen-bond acceptors (Lipinski definition) is 5. The van der Waals surface area contributed by atoms with E-state index in [-0.39, 0.29) is 25.0 Å². The third-order valence-corrected chi connectivity index (χ3v) is 6.84. The molecule has 4 N–H and O–H groups in total. The average Bonchev–Trinajstić information content (AvgIpc) is 3.29. The Labute approximate surface area is 232 Å². The molecule has 0 bridgehead atoms. The molecule has 1 aliphatic rings. The van der Waals surface area contributed by atoms with Crippen LogP contribution in [0.25, 0.3) is 11.1 Å². The van der Waals surface area contributed by atoms with Crippen molar-refractivity contribution in [2.45, 2.75) is 24.9 Å². The maximum Gasteiger partial charge on any atom is 0.409 e. The van der Waals surface area contributed by atoms with Gasteiger partial charge in [-0.2, -0.15) is 0 Å². The van der Waals surface area contributed by atoms with E-state index in [0.717, 1.165) is 33.4 Å². The van der Waals surface area contributed by atoms with E-state index < -0.39 is 18.2 Å². The van der Waals surface area contributed by atoms with Crippen LogP contribution in [0.5, 0.6) is 5.75 Å². The fourth-order valence-electron chi connectivity index (χ4n) is 4.95. The van der Waals surface area contributed by atoms with Crippen LogP contribution in [-0.4, -0.2) is 30.7 Å². The minimum Gasteiger partial charge on any atom is -0.449 e. The van der Waals surface area contributed by atoms with Gasteiger partial charge in [-0.15, -0.1) is 0 Å². The number of primary amides is 1. The van der Waals surface area contributed by atoms with Crippen molar-refractivity contribution in [3.8, 4) is 16.9 Å². The van der Waals surface area contributed by atoms with Crippen molar-refractivity contribution < 1.29 is 23.9 Å². The van der Waals surface area contributed by atoms with Crippen molar-refractivity contribution in [1.82, 2.24) is 10.6 Å². The molecule has 0 aromatic heterocycles. The lowest BCUT2D eigenvalue weighted by Crippen LogP contribution is -2.48. The lowest BCUT2D eigenvalue weighted by atomic mass is 9.98. The van der Waals surface area contributed by atoms with Crippen molar-refractivity contribution in [3.63, 3.8) is 0 Å². The Morgan fingerprint density at radius 1 is 0.750 bits per heavy atom. The van der Waals surface area contributed by atoms with E-state index in [0.29, 0.717) is 12.2 Å². The molecule has 5 rings (SSSR count). The number of amides is 3. The van der Waals surface area contributed by atoms with Gasteiger partial charge in [-0.05, 0) is 45.5 Å². The van der Waals surface area contributed by atoms with Gasteiger partial charge in [-0.1, -0.05) is 91.0 Å². The number of rotatable bonds is 9. The smallest absolute Gasteiger partial charge is 0.409 e. The van der Waals surface area contributed by atoms with Crippen LogP contribution in [0, 0.1) is 0 Å². The molecule has 0 radical (unpaired) electrons. The molecule has 0 fully saturated rings. The molecule has 0 aliphatic heterocycles. The average molecular weight is 536 g/mol. The Bertz CT molecular complexity index is 1460. The number of alkyl carbamates (subject to hydrolysis) is 1. The molecule has 40 heavy (non-hydrogen) atoms. The molecule has 8 heteroatoms. The standard InChI is InChI=1S/C32H29N3O5/c33-31(37)40-23-16-14-22(15-17-23)19-34-30(36)29(18-21-8-2-1-3-9-21)35-32(38)39-20-28-26-12-6-4-10-24(26)25-11-5-7-13-27(25)28/h1-17,28-29H,18-20H2,(H2,33,37)(H,34,36)(H,35,38)/t29-/m1/s1. The molecule has 0 spiro atoms. The monoisotopic (exact) mass is 535 g/mol. The first-order valence-corrected chi connectivity index (χ1v) is 13.0. The van der Waals surface area contributed by atoms with E-state index in [1.807, 2.05) is 54.6 Å². The predicted molar refractivity (Wildman–Crippen MR) is 151 cm³/mol. The van der Waals surface area contributed by atoms with Gasteiger partial charge in [0, 0.05) is 18.9 Å². The zero-order valence-corrected chi connectivity index (χ0v) is 21.7. The summed E-state index contributed by atoms with van der Waals surface area (Å²) in [6, 6.07) is 31.4. The van der Waals surface area contributed by atoms with Crippen LogP contribution in [0.1, 0.15) is 28.2 Å². The summed E-state index contributed by atoms with van der Waals surface area (Å²) >= 11 is 0. The van der Waals surface area contributed by atoms with E-state index in [1.54, 1.807) is 24.3 Å². The second-order valence-corrected chi connectivity index (χ2v) is 9.50. The number of ether oxygens (including phenoxy) is 2. The van der Waals surface area contributed by atoms with Crippen molar-refractivity contribution in [2.24, 2.45) is 5.73 Å². The molecule has 4 aromatic carbocycles. The minimum atomic E-state index is -0.899.